The highest BCUT2D eigenvalue weighted by atomic mass is 79.9. The van der Waals surface area contributed by atoms with Crippen molar-refractivity contribution in [2.24, 2.45) is 5.73 Å². The lowest BCUT2D eigenvalue weighted by Gasteiger charge is -2.16. The molecule has 1 unspecified atom stereocenters. The van der Waals surface area contributed by atoms with Crippen LogP contribution in [0.25, 0.3) is 0 Å². The quantitative estimate of drug-likeness (QED) is 0.797. The van der Waals surface area contributed by atoms with Gasteiger partial charge >= 0.3 is 0 Å². The number of hydrogen-bond donors (Lipinski definition) is 1. The van der Waals surface area contributed by atoms with E-state index in [4.69, 9.17) is 5.73 Å². The molecular weight excluding hydrogens is 373 g/mol. The number of aryl methyl sites for hydroxylation is 1. The van der Waals surface area contributed by atoms with Gasteiger partial charge in [0.25, 0.3) is 0 Å². The summed E-state index contributed by atoms with van der Waals surface area (Å²) in [6.07, 6.45) is 0.598. The first kappa shape index (κ1) is 14.7. The van der Waals surface area contributed by atoms with Gasteiger partial charge in [0.05, 0.1) is 0 Å². The van der Waals surface area contributed by atoms with E-state index in [1.807, 2.05) is 25.1 Å². The number of rotatable bonds is 3. The van der Waals surface area contributed by atoms with Crippen molar-refractivity contribution in [3.05, 3.63) is 67.9 Å². The van der Waals surface area contributed by atoms with Crippen LogP contribution in [0.15, 0.2) is 45.3 Å². The molecular formula is C15H14Br2FN. The van der Waals surface area contributed by atoms with E-state index in [1.54, 1.807) is 6.07 Å². The molecule has 0 saturated heterocycles. The fourth-order valence-corrected chi connectivity index (χ4v) is 2.99. The molecule has 0 aliphatic carbocycles. The zero-order chi connectivity index (χ0) is 14.0. The maximum absolute atomic E-state index is 13.3. The summed E-state index contributed by atoms with van der Waals surface area (Å²) in [7, 11) is 0. The van der Waals surface area contributed by atoms with Crippen LogP contribution in [0.3, 0.4) is 0 Å². The molecule has 2 aromatic carbocycles. The summed E-state index contributed by atoms with van der Waals surface area (Å²) in [5, 5.41) is 0. The van der Waals surface area contributed by atoms with Crippen LogP contribution in [-0.2, 0) is 6.42 Å². The number of nitrogens with two attached hydrogens (primary N) is 1. The zero-order valence-electron chi connectivity index (χ0n) is 10.5. The lowest BCUT2D eigenvalue weighted by molar-refractivity contribution is 0.621. The minimum absolute atomic E-state index is 0.147. The second kappa shape index (κ2) is 6.16. The number of hydrogen-bond acceptors (Lipinski definition) is 1. The predicted octanol–water partition coefficient (Wildman–Crippen LogP) is 4.90. The SMILES string of the molecule is Cc1cc(Br)ccc1C(N)Cc1cc(F)ccc1Br. The monoisotopic (exact) mass is 385 g/mol. The Hall–Kier alpha value is -0.710. The molecule has 0 spiro atoms. The van der Waals surface area contributed by atoms with Crippen LogP contribution in [0.2, 0.25) is 0 Å². The Morgan fingerprint density at radius 1 is 1.16 bits per heavy atom. The Morgan fingerprint density at radius 2 is 1.89 bits per heavy atom. The maximum atomic E-state index is 13.3. The van der Waals surface area contributed by atoms with Crippen molar-refractivity contribution in [1.82, 2.24) is 0 Å². The molecule has 1 atom stereocenters. The molecule has 0 aliphatic rings. The molecule has 0 aliphatic heterocycles. The molecule has 0 bridgehead atoms. The van der Waals surface area contributed by atoms with Crippen LogP contribution >= 0.6 is 31.9 Å². The summed E-state index contributed by atoms with van der Waals surface area (Å²) in [6, 6.07) is 10.6. The molecule has 2 N–H and O–H groups in total. The second-order valence-electron chi connectivity index (χ2n) is 4.55. The fraction of sp³-hybridized carbons (Fsp3) is 0.200. The minimum atomic E-state index is -0.238. The number of halogens is 3. The van der Waals surface area contributed by atoms with Crippen molar-refractivity contribution in [3.8, 4) is 0 Å². The minimum Gasteiger partial charge on any atom is -0.324 e. The van der Waals surface area contributed by atoms with E-state index in [0.717, 1.165) is 25.6 Å². The molecule has 0 heterocycles. The second-order valence-corrected chi connectivity index (χ2v) is 6.32. The van der Waals surface area contributed by atoms with Crippen molar-refractivity contribution < 1.29 is 4.39 Å². The van der Waals surface area contributed by atoms with E-state index < -0.39 is 0 Å². The van der Waals surface area contributed by atoms with Crippen LogP contribution < -0.4 is 5.73 Å². The smallest absolute Gasteiger partial charge is 0.123 e. The van der Waals surface area contributed by atoms with E-state index in [-0.39, 0.29) is 11.9 Å². The molecule has 4 heteroatoms. The van der Waals surface area contributed by atoms with E-state index in [0.29, 0.717) is 6.42 Å². The van der Waals surface area contributed by atoms with Crippen LogP contribution in [0.4, 0.5) is 4.39 Å². The van der Waals surface area contributed by atoms with E-state index in [1.165, 1.54) is 12.1 Å². The molecule has 0 fully saturated rings. The first-order chi connectivity index (χ1) is 8.97. The Labute approximate surface area is 129 Å². The van der Waals surface area contributed by atoms with Crippen LogP contribution in [0.1, 0.15) is 22.7 Å². The Kier molecular flexibility index (Phi) is 4.76. The fourth-order valence-electron chi connectivity index (χ4n) is 2.10. The highest BCUT2D eigenvalue weighted by Gasteiger charge is 2.12. The molecule has 0 radical (unpaired) electrons. The van der Waals surface area contributed by atoms with E-state index >= 15 is 0 Å². The van der Waals surface area contributed by atoms with E-state index in [9.17, 15) is 4.39 Å². The summed E-state index contributed by atoms with van der Waals surface area (Å²) in [4.78, 5) is 0. The Balaban J connectivity index is 2.25. The van der Waals surface area contributed by atoms with Gasteiger partial charge in [0.2, 0.25) is 0 Å². The largest absolute Gasteiger partial charge is 0.324 e. The van der Waals surface area contributed by atoms with Crippen molar-refractivity contribution >= 4 is 31.9 Å². The summed E-state index contributed by atoms with van der Waals surface area (Å²) in [5.74, 6) is -0.238. The number of benzene rings is 2. The predicted molar refractivity (Wildman–Crippen MR) is 83.6 cm³/mol. The highest BCUT2D eigenvalue weighted by Crippen LogP contribution is 2.26. The van der Waals surface area contributed by atoms with Crippen LogP contribution in [0.5, 0.6) is 0 Å². The van der Waals surface area contributed by atoms with Gasteiger partial charge in [-0.05, 0) is 60.4 Å². The standard InChI is InChI=1S/C15H14Br2FN/c1-9-6-11(16)2-4-13(9)15(19)8-10-7-12(18)3-5-14(10)17/h2-7,15H,8,19H2,1H3. The average Bonchev–Trinajstić information content (AvgIpc) is 2.33. The maximum Gasteiger partial charge on any atom is 0.123 e. The van der Waals surface area contributed by atoms with Crippen LogP contribution in [0, 0.1) is 12.7 Å². The topological polar surface area (TPSA) is 26.0 Å². The third kappa shape index (κ3) is 3.65. The van der Waals surface area contributed by atoms with E-state index in [2.05, 4.69) is 31.9 Å². The van der Waals surface area contributed by atoms with Gasteiger partial charge in [0.15, 0.2) is 0 Å². The third-order valence-electron chi connectivity index (χ3n) is 3.08. The third-order valence-corrected chi connectivity index (χ3v) is 4.35. The van der Waals surface area contributed by atoms with Crippen molar-refractivity contribution in [2.45, 2.75) is 19.4 Å². The van der Waals surface area contributed by atoms with Crippen molar-refractivity contribution in [1.29, 1.82) is 0 Å². The van der Waals surface area contributed by atoms with Crippen LogP contribution in [-0.4, -0.2) is 0 Å². The first-order valence-corrected chi connectivity index (χ1v) is 7.51. The summed E-state index contributed by atoms with van der Waals surface area (Å²) in [6.45, 7) is 2.03. The van der Waals surface area contributed by atoms with Gasteiger partial charge < -0.3 is 5.73 Å². The van der Waals surface area contributed by atoms with Gasteiger partial charge in [-0.1, -0.05) is 37.9 Å². The van der Waals surface area contributed by atoms with Gasteiger partial charge in [-0.15, -0.1) is 0 Å². The summed E-state index contributed by atoms with van der Waals surface area (Å²) >= 11 is 6.87. The first-order valence-electron chi connectivity index (χ1n) is 5.93. The molecule has 2 aromatic rings. The lowest BCUT2D eigenvalue weighted by Crippen LogP contribution is -2.15. The summed E-state index contributed by atoms with van der Waals surface area (Å²) in [5.41, 5.74) is 9.34. The van der Waals surface area contributed by atoms with Gasteiger partial charge in [-0.3, -0.25) is 0 Å². The normalized spacial score (nSPS) is 12.5. The molecule has 0 saturated carbocycles. The van der Waals surface area contributed by atoms with Crippen molar-refractivity contribution in [2.75, 3.05) is 0 Å². The van der Waals surface area contributed by atoms with Crippen molar-refractivity contribution in [3.63, 3.8) is 0 Å². The molecule has 1 nitrogen and oxygen atoms in total. The van der Waals surface area contributed by atoms with Gasteiger partial charge in [0.1, 0.15) is 5.82 Å². The molecule has 0 amide bonds. The van der Waals surface area contributed by atoms with Gasteiger partial charge in [-0.2, -0.15) is 0 Å². The molecule has 2 rings (SSSR count). The molecule has 0 aromatic heterocycles. The highest BCUT2D eigenvalue weighted by molar-refractivity contribution is 9.10. The Morgan fingerprint density at radius 3 is 2.58 bits per heavy atom. The average molecular weight is 387 g/mol. The van der Waals surface area contributed by atoms with Gasteiger partial charge in [0, 0.05) is 15.0 Å². The Bertz CT molecular complexity index is 599. The summed E-state index contributed by atoms with van der Waals surface area (Å²) < 4.78 is 15.2. The molecule has 19 heavy (non-hydrogen) atoms. The van der Waals surface area contributed by atoms with Gasteiger partial charge in [-0.25, -0.2) is 4.39 Å². The molecule has 100 valence electrons. The zero-order valence-corrected chi connectivity index (χ0v) is 13.6. The lowest BCUT2D eigenvalue weighted by atomic mass is 9.96.